The van der Waals surface area contributed by atoms with E-state index in [9.17, 15) is 0 Å². The molecular weight excluding hydrogens is 655 g/mol. The molecule has 0 saturated carbocycles. The first-order chi connectivity index (χ1) is 25.3. The van der Waals surface area contributed by atoms with Crippen LogP contribution in [0.15, 0.2) is 188 Å². The Balaban J connectivity index is 1.18. The van der Waals surface area contributed by atoms with E-state index in [1.165, 1.54) is 79.4 Å². The molecule has 1 nitrogen and oxygen atoms in total. The first-order valence-corrected chi connectivity index (χ1v) is 18.9. The number of benzene rings is 8. The molecule has 8 aromatic carbocycles. The molecule has 0 aliphatic carbocycles. The van der Waals surface area contributed by atoms with E-state index >= 15 is 0 Å². The van der Waals surface area contributed by atoms with Crippen molar-refractivity contribution in [2.45, 2.75) is 0 Å². The van der Waals surface area contributed by atoms with Crippen LogP contribution in [-0.2, 0) is 0 Å². The lowest BCUT2D eigenvalue weighted by Gasteiger charge is -2.29. The molecule has 10 rings (SSSR count). The molecular formula is C48H31NS2. The minimum Gasteiger partial charge on any atom is -0.308 e. The molecule has 0 saturated heterocycles. The highest BCUT2D eigenvalue weighted by Crippen LogP contribution is 2.50. The molecule has 3 heteroatoms. The average molecular weight is 686 g/mol. The van der Waals surface area contributed by atoms with Crippen LogP contribution in [0.1, 0.15) is 0 Å². The molecule has 0 spiro atoms. The first kappa shape index (κ1) is 29.9. The quantitative estimate of drug-likeness (QED) is 0.168. The van der Waals surface area contributed by atoms with Crippen molar-refractivity contribution < 1.29 is 0 Å². The van der Waals surface area contributed by atoms with Crippen molar-refractivity contribution in [2.75, 3.05) is 4.90 Å². The van der Waals surface area contributed by atoms with Gasteiger partial charge in [0.15, 0.2) is 0 Å². The molecule has 10 aromatic rings. The van der Waals surface area contributed by atoms with E-state index in [0.717, 1.165) is 11.4 Å². The second kappa shape index (κ2) is 12.4. The zero-order valence-electron chi connectivity index (χ0n) is 27.7. The number of fused-ring (bicyclic) bond motifs is 6. The number of nitrogens with zero attached hydrogens (tertiary/aromatic N) is 1. The SMILES string of the molecule is c1ccc(-c2ccccc2N(c2ccc(-c3ccc4c(c3)sc3ccccc34)cc2)c2ccc(-c3ccccc3)c3c2sc2ccccc23)cc1. The number of hydrogen-bond acceptors (Lipinski definition) is 3. The predicted octanol–water partition coefficient (Wildman–Crippen LogP) is 14.9. The Kier molecular flexibility index (Phi) is 7.26. The summed E-state index contributed by atoms with van der Waals surface area (Å²) >= 11 is 3.75. The van der Waals surface area contributed by atoms with Gasteiger partial charge < -0.3 is 4.90 Å². The van der Waals surface area contributed by atoms with Gasteiger partial charge >= 0.3 is 0 Å². The van der Waals surface area contributed by atoms with Gasteiger partial charge in [-0.15, -0.1) is 22.7 Å². The van der Waals surface area contributed by atoms with Crippen LogP contribution in [0.25, 0.3) is 73.7 Å². The topological polar surface area (TPSA) is 3.24 Å². The fourth-order valence-corrected chi connectivity index (χ4v) is 9.87. The molecule has 0 atom stereocenters. The number of para-hydroxylation sites is 1. The monoisotopic (exact) mass is 685 g/mol. The molecule has 0 N–H and O–H groups in total. The highest BCUT2D eigenvalue weighted by Gasteiger charge is 2.23. The summed E-state index contributed by atoms with van der Waals surface area (Å²) in [6.45, 7) is 0. The smallest absolute Gasteiger partial charge is 0.0641 e. The highest BCUT2D eigenvalue weighted by atomic mass is 32.1. The van der Waals surface area contributed by atoms with E-state index in [2.05, 4.69) is 193 Å². The third kappa shape index (κ3) is 5.13. The lowest BCUT2D eigenvalue weighted by molar-refractivity contribution is 1.30. The van der Waals surface area contributed by atoms with Gasteiger partial charge in [0, 0.05) is 46.9 Å². The summed E-state index contributed by atoms with van der Waals surface area (Å²) in [7, 11) is 0. The largest absolute Gasteiger partial charge is 0.308 e. The lowest BCUT2D eigenvalue weighted by Crippen LogP contribution is -2.11. The summed E-state index contributed by atoms with van der Waals surface area (Å²) in [4.78, 5) is 2.47. The summed E-state index contributed by atoms with van der Waals surface area (Å²) in [6.07, 6.45) is 0. The van der Waals surface area contributed by atoms with Crippen LogP contribution in [0.3, 0.4) is 0 Å². The zero-order valence-corrected chi connectivity index (χ0v) is 29.3. The summed E-state index contributed by atoms with van der Waals surface area (Å²) in [5.41, 5.74) is 10.8. The number of anilines is 3. The maximum Gasteiger partial charge on any atom is 0.0641 e. The number of rotatable bonds is 6. The van der Waals surface area contributed by atoms with Crippen molar-refractivity contribution in [1.29, 1.82) is 0 Å². The van der Waals surface area contributed by atoms with Gasteiger partial charge in [0.1, 0.15) is 0 Å². The fraction of sp³-hybridized carbons (Fsp3) is 0. The van der Waals surface area contributed by atoms with Crippen molar-refractivity contribution in [3.05, 3.63) is 188 Å². The Morgan fingerprint density at radius 3 is 1.69 bits per heavy atom. The first-order valence-electron chi connectivity index (χ1n) is 17.3. The van der Waals surface area contributed by atoms with E-state index < -0.39 is 0 Å². The molecule has 0 fully saturated rings. The van der Waals surface area contributed by atoms with Gasteiger partial charge in [0.05, 0.1) is 16.1 Å². The van der Waals surface area contributed by atoms with Crippen LogP contribution in [0.4, 0.5) is 17.1 Å². The molecule has 0 radical (unpaired) electrons. The van der Waals surface area contributed by atoms with Crippen LogP contribution in [-0.4, -0.2) is 0 Å². The van der Waals surface area contributed by atoms with Crippen molar-refractivity contribution in [3.63, 3.8) is 0 Å². The maximum atomic E-state index is 2.47. The van der Waals surface area contributed by atoms with Crippen LogP contribution >= 0.6 is 22.7 Å². The van der Waals surface area contributed by atoms with Crippen molar-refractivity contribution >= 4 is 80.1 Å². The van der Waals surface area contributed by atoms with E-state index in [1.807, 2.05) is 22.7 Å². The second-order valence-corrected chi connectivity index (χ2v) is 15.0. The third-order valence-corrected chi connectivity index (χ3v) is 12.2. The molecule has 2 heterocycles. The molecule has 0 aliphatic heterocycles. The van der Waals surface area contributed by atoms with E-state index in [1.54, 1.807) is 0 Å². The van der Waals surface area contributed by atoms with Gasteiger partial charge in [-0.1, -0.05) is 146 Å². The molecule has 0 amide bonds. The fourth-order valence-electron chi connectivity index (χ4n) is 7.50. The van der Waals surface area contributed by atoms with Crippen LogP contribution in [0, 0.1) is 0 Å². The minimum absolute atomic E-state index is 1.12. The average Bonchev–Trinajstić information content (AvgIpc) is 3.78. The van der Waals surface area contributed by atoms with Gasteiger partial charge in [-0.2, -0.15) is 0 Å². The Labute approximate surface area is 304 Å². The Bertz CT molecular complexity index is 2850. The minimum atomic E-state index is 1.12. The van der Waals surface area contributed by atoms with E-state index in [4.69, 9.17) is 0 Å². The summed E-state index contributed by atoms with van der Waals surface area (Å²) in [5, 5.41) is 5.25. The van der Waals surface area contributed by atoms with Crippen molar-refractivity contribution in [1.82, 2.24) is 0 Å². The van der Waals surface area contributed by atoms with Crippen LogP contribution in [0.5, 0.6) is 0 Å². The molecule has 2 aromatic heterocycles. The lowest BCUT2D eigenvalue weighted by atomic mass is 9.97. The molecule has 0 bridgehead atoms. The van der Waals surface area contributed by atoms with Gasteiger partial charge in [-0.05, 0) is 70.3 Å². The molecule has 0 aliphatic rings. The zero-order chi connectivity index (χ0) is 33.7. The van der Waals surface area contributed by atoms with E-state index in [0.29, 0.717) is 0 Å². The van der Waals surface area contributed by atoms with Gasteiger partial charge in [-0.25, -0.2) is 0 Å². The molecule has 0 unspecified atom stereocenters. The third-order valence-electron chi connectivity index (χ3n) is 9.90. The Hall–Kier alpha value is -6.00. The van der Waals surface area contributed by atoms with E-state index in [-0.39, 0.29) is 0 Å². The number of thiophene rings is 2. The summed E-state index contributed by atoms with van der Waals surface area (Å²) in [5.74, 6) is 0. The van der Waals surface area contributed by atoms with Crippen molar-refractivity contribution in [3.8, 4) is 33.4 Å². The predicted molar refractivity (Wildman–Crippen MR) is 223 cm³/mol. The van der Waals surface area contributed by atoms with Crippen molar-refractivity contribution in [2.24, 2.45) is 0 Å². The molecule has 51 heavy (non-hydrogen) atoms. The highest BCUT2D eigenvalue weighted by molar-refractivity contribution is 7.26. The Morgan fingerprint density at radius 1 is 0.333 bits per heavy atom. The van der Waals surface area contributed by atoms with Gasteiger partial charge in [-0.3, -0.25) is 0 Å². The summed E-state index contributed by atoms with van der Waals surface area (Å²) < 4.78 is 5.22. The number of hydrogen-bond donors (Lipinski definition) is 0. The van der Waals surface area contributed by atoms with Crippen LogP contribution < -0.4 is 4.90 Å². The Morgan fingerprint density at radius 2 is 0.922 bits per heavy atom. The second-order valence-electron chi connectivity index (χ2n) is 12.9. The maximum absolute atomic E-state index is 2.47. The van der Waals surface area contributed by atoms with Crippen LogP contribution in [0.2, 0.25) is 0 Å². The summed E-state index contributed by atoms with van der Waals surface area (Å²) in [6, 6.07) is 68.6. The standard InChI is InChI=1S/C48H31NS2/c1-3-13-33(14-4-1)37-17-7-10-20-42(37)49(36-26-23-32(24-27-36)35-25-28-40-39-18-8-11-21-44(39)50-46(40)31-35)43-30-29-38(34-15-5-2-6-16-34)47-41-19-9-12-22-45(41)51-48(43)47/h1-31H. The normalized spacial score (nSPS) is 11.5. The molecule has 240 valence electrons. The van der Waals surface area contributed by atoms with Gasteiger partial charge in [0.2, 0.25) is 0 Å². The van der Waals surface area contributed by atoms with Gasteiger partial charge in [0.25, 0.3) is 0 Å².